The molecule has 0 fully saturated rings. The molecule has 0 bridgehead atoms. The van der Waals surface area contributed by atoms with Crippen molar-refractivity contribution in [2.24, 2.45) is 0 Å². The number of nitrogens with two attached hydrogens (primary N) is 1. The molecule has 0 atom stereocenters. The van der Waals surface area contributed by atoms with Gasteiger partial charge in [0.15, 0.2) is 0 Å². The lowest BCUT2D eigenvalue weighted by molar-refractivity contribution is 1.33. The molecule has 3 aromatic rings. The second-order valence-electron chi connectivity index (χ2n) is 3.99. The summed E-state index contributed by atoms with van der Waals surface area (Å²) in [5, 5.41) is 0.685. The molecule has 3 nitrogen and oxygen atoms in total. The highest BCUT2D eigenvalue weighted by Crippen LogP contribution is 2.30. The maximum absolute atomic E-state index is 5.95. The van der Waals surface area contributed by atoms with Crippen LogP contribution in [0.15, 0.2) is 40.9 Å². The van der Waals surface area contributed by atoms with Crippen LogP contribution in [0.1, 0.15) is 0 Å². The Kier molecular flexibility index (Phi) is 2.76. The maximum atomic E-state index is 5.95. The van der Waals surface area contributed by atoms with Crippen LogP contribution in [-0.4, -0.2) is 9.97 Å². The largest absolute Gasteiger partial charge is 0.399 e. The molecule has 0 radical (unpaired) electrons. The van der Waals surface area contributed by atoms with Gasteiger partial charge in [-0.2, -0.15) is 0 Å². The van der Waals surface area contributed by atoms with Crippen molar-refractivity contribution in [1.29, 1.82) is 0 Å². The number of imidazole rings is 1. The van der Waals surface area contributed by atoms with E-state index in [1.165, 1.54) is 0 Å². The average molecular weight is 323 g/mol. The Balaban J connectivity index is 2.22. The van der Waals surface area contributed by atoms with E-state index in [-0.39, 0.29) is 0 Å². The Bertz CT molecular complexity index is 736. The Labute approximate surface area is 117 Å². The smallest absolute Gasteiger partial charge is 0.139 e. The van der Waals surface area contributed by atoms with Gasteiger partial charge >= 0.3 is 0 Å². The van der Waals surface area contributed by atoms with E-state index < -0.39 is 0 Å². The third-order valence-corrected chi connectivity index (χ3v) is 3.62. The van der Waals surface area contributed by atoms with Crippen LogP contribution in [0.3, 0.4) is 0 Å². The molecule has 3 N–H and O–H groups in total. The first-order valence-electron chi connectivity index (χ1n) is 5.34. The minimum Gasteiger partial charge on any atom is -0.399 e. The number of halogens is 2. The zero-order valence-corrected chi connectivity index (χ0v) is 11.6. The van der Waals surface area contributed by atoms with E-state index in [4.69, 9.17) is 17.3 Å². The van der Waals surface area contributed by atoms with Crippen molar-refractivity contribution in [2.45, 2.75) is 0 Å². The fourth-order valence-electron chi connectivity index (χ4n) is 1.83. The van der Waals surface area contributed by atoms with Crippen molar-refractivity contribution in [3.05, 3.63) is 45.9 Å². The second-order valence-corrected chi connectivity index (χ2v) is 5.28. The Morgan fingerprint density at radius 1 is 1.17 bits per heavy atom. The zero-order chi connectivity index (χ0) is 12.7. The van der Waals surface area contributed by atoms with E-state index in [9.17, 15) is 0 Å². The highest BCUT2D eigenvalue weighted by Gasteiger charge is 2.09. The number of fused-ring (bicyclic) bond motifs is 1. The van der Waals surface area contributed by atoms with E-state index in [0.717, 1.165) is 26.9 Å². The lowest BCUT2D eigenvalue weighted by atomic mass is 10.2. The molecular weight excluding hydrogens is 314 g/mol. The van der Waals surface area contributed by atoms with Gasteiger partial charge in [0.05, 0.1) is 11.0 Å². The summed E-state index contributed by atoms with van der Waals surface area (Å²) < 4.78 is 0.946. The van der Waals surface area contributed by atoms with Gasteiger partial charge in [0.25, 0.3) is 0 Å². The highest BCUT2D eigenvalue weighted by atomic mass is 79.9. The Morgan fingerprint density at radius 3 is 2.83 bits per heavy atom. The zero-order valence-electron chi connectivity index (χ0n) is 9.24. The summed E-state index contributed by atoms with van der Waals surface area (Å²) >= 11 is 9.45. The standard InChI is InChI=1S/C13H9BrClN3/c14-10-3-2-8(16)6-9(10)13-17-11-4-1-7(15)5-12(11)18-13/h1-6H,16H2,(H,17,18). The van der Waals surface area contributed by atoms with Crippen LogP contribution in [-0.2, 0) is 0 Å². The summed E-state index contributed by atoms with van der Waals surface area (Å²) in [4.78, 5) is 7.77. The average Bonchev–Trinajstić information content (AvgIpc) is 2.74. The monoisotopic (exact) mass is 321 g/mol. The molecule has 18 heavy (non-hydrogen) atoms. The van der Waals surface area contributed by atoms with E-state index in [1.54, 1.807) is 0 Å². The summed E-state index contributed by atoms with van der Waals surface area (Å²) in [6.45, 7) is 0. The number of anilines is 1. The van der Waals surface area contributed by atoms with E-state index in [0.29, 0.717) is 10.7 Å². The minimum absolute atomic E-state index is 0.685. The lowest BCUT2D eigenvalue weighted by Gasteiger charge is -2.01. The van der Waals surface area contributed by atoms with Gasteiger partial charge < -0.3 is 10.7 Å². The first-order chi connectivity index (χ1) is 8.63. The quantitative estimate of drug-likeness (QED) is 0.659. The molecule has 2 aromatic carbocycles. The van der Waals surface area contributed by atoms with Crippen molar-refractivity contribution >= 4 is 44.3 Å². The molecule has 0 unspecified atom stereocenters. The highest BCUT2D eigenvalue weighted by molar-refractivity contribution is 9.10. The molecule has 0 aliphatic heterocycles. The molecule has 0 spiro atoms. The van der Waals surface area contributed by atoms with Crippen LogP contribution in [0, 0.1) is 0 Å². The van der Waals surface area contributed by atoms with E-state index in [1.807, 2.05) is 36.4 Å². The molecule has 0 saturated carbocycles. The second kappa shape index (κ2) is 4.30. The molecule has 3 rings (SSSR count). The van der Waals surface area contributed by atoms with Crippen LogP contribution < -0.4 is 5.73 Å². The molecule has 0 aliphatic rings. The van der Waals surface area contributed by atoms with Crippen LogP contribution in [0.25, 0.3) is 22.4 Å². The molecule has 1 heterocycles. The Morgan fingerprint density at radius 2 is 2.00 bits per heavy atom. The summed E-state index contributed by atoms with van der Waals surface area (Å²) in [6, 6.07) is 11.2. The summed E-state index contributed by atoms with van der Waals surface area (Å²) in [6.07, 6.45) is 0. The molecule has 0 saturated heterocycles. The molecular formula is C13H9BrClN3. The van der Waals surface area contributed by atoms with Crippen molar-refractivity contribution in [1.82, 2.24) is 9.97 Å². The number of benzene rings is 2. The minimum atomic E-state index is 0.685. The fraction of sp³-hybridized carbons (Fsp3) is 0. The van der Waals surface area contributed by atoms with Gasteiger partial charge in [0.1, 0.15) is 5.82 Å². The number of aromatic amines is 1. The predicted molar refractivity (Wildman–Crippen MR) is 78.7 cm³/mol. The number of H-pyrrole nitrogens is 1. The normalized spacial score (nSPS) is 11.0. The summed E-state index contributed by atoms with van der Waals surface area (Å²) in [7, 11) is 0. The third-order valence-electron chi connectivity index (χ3n) is 2.69. The number of nitrogens with zero attached hydrogens (tertiary/aromatic N) is 1. The first-order valence-corrected chi connectivity index (χ1v) is 6.51. The van der Waals surface area contributed by atoms with Crippen molar-refractivity contribution < 1.29 is 0 Å². The van der Waals surface area contributed by atoms with Crippen molar-refractivity contribution in [3.8, 4) is 11.4 Å². The van der Waals surface area contributed by atoms with Crippen molar-refractivity contribution in [2.75, 3.05) is 5.73 Å². The van der Waals surface area contributed by atoms with Gasteiger partial charge in [-0.1, -0.05) is 27.5 Å². The number of aromatic nitrogens is 2. The van der Waals surface area contributed by atoms with Gasteiger partial charge in [-0.25, -0.2) is 4.98 Å². The SMILES string of the molecule is Nc1ccc(Br)c(-c2nc3ccc(Cl)cc3[nH]2)c1. The summed E-state index contributed by atoms with van der Waals surface area (Å²) in [5.41, 5.74) is 9.22. The lowest BCUT2D eigenvalue weighted by Crippen LogP contribution is -1.88. The van der Waals surface area contributed by atoms with Crippen LogP contribution in [0.4, 0.5) is 5.69 Å². The molecule has 0 aliphatic carbocycles. The van der Waals surface area contributed by atoms with Gasteiger partial charge in [0.2, 0.25) is 0 Å². The fourth-order valence-corrected chi connectivity index (χ4v) is 2.44. The van der Waals surface area contributed by atoms with Gasteiger partial charge in [-0.05, 0) is 36.4 Å². The summed E-state index contributed by atoms with van der Waals surface area (Å²) in [5.74, 6) is 0.770. The first kappa shape index (κ1) is 11.6. The molecule has 90 valence electrons. The number of rotatable bonds is 1. The number of hydrogen-bond acceptors (Lipinski definition) is 2. The van der Waals surface area contributed by atoms with Crippen LogP contribution in [0.2, 0.25) is 5.02 Å². The van der Waals surface area contributed by atoms with E-state index >= 15 is 0 Å². The maximum Gasteiger partial charge on any atom is 0.139 e. The predicted octanol–water partition coefficient (Wildman–Crippen LogP) is 4.23. The number of nitrogens with one attached hydrogen (secondary N) is 1. The topological polar surface area (TPSA) is 54.7 Å². The van der Waals surface area contributed by atoms with Gasteiger partial charge in [0, 0.05) is 20.7 Å². The molecule has 5 heteroatoms. The number of hydrogen-bond donors (Lipinski definition) is 2. The number of nitrogen functional groups attached to an aromatic ring is 1. The van der Waals surface area contributed by atoms with Gasteiger partial charge in [-0.3, -0.25) is 0 Å². The van der Waals surface area contributed by atoms with Gasteiger partial charge in [-0.15, -0.1) is 0 Å². The van der Waals surface area contributed by atoms with Crippen molar-refractivity contribution in [3.63, 3.8) is 0 Å². The molecule has 0 amide bonds. The van der Waals surface area contributed by atoms with Crippen LogP contribution >= 0.6 is 27.5 Å². The molecule has 1 aromatic heterocycles. The Hall–Kier alpha value is -1.52. The van der Waals surface area contributed by atoms with Crippen LogP contribution in [0.5, 0.6) is 0 Å². The third kappa shape index (κ3) is 1.98. The van der Waals surface area contributed by atoms with E-state index in [2.05, 4.69) is 25.9 Å².